The van der Waals surface area contributed by atoms with E-state index in [2.05, 4.69) is 4.99 Å². The Morgan fingerprint density at radius 3 is 2.64 bits per heavy atom. The molecule has 0 aromatic heterocycles. The molecule has 2 heterocycles. The van der Waals surface area contributed by atoms with E-state index in [9.17, 15) is 13.2 Å². The molecule has 2 aromatic rings. The van der Waals surface area contributed by atoms with Crippen molar-refractivity contribution in [3.05, 3.63) is 65.2 Å². The number of fused-ring (bicyclic) bond motifs is 1. The van der Waals surface area contributed by atoms with E-state index >= 15 is 0 Å². The van der Waals surface area contributed by atoms with Gasteiger partial charge in [0.2, 0.25) is 0 Å². The SMILES string of the molecule is Cc1ccc(C)c(N2C(=NC(=O)Cc3ccccc3)S[C@@H]3CS(=O)(=O)C[C@H]32)c1. The lowest BCUT2D eigenvalue weighted by Gasteiger charge is -2.26. The zero-order valence-electron chi connectivity index (χ0n) is 15.8. The Kier molecular flexibility index (Phi) is 5.05. The number of carbonyl (C=O) groups is 1. The van der Waals surface area contributed by atoms with Crippen molar-refractivity contribution in [1.29, 1.82) is 0 Å². The summed E-state index contributed by atoms with van der Waals surface area (Å²) >= 11 is 1.42. The number of amides is 1. The third-order valence-corrected chi connectivity index (χ3v) is 8.32. The van der Waals surface area contributed by atoms with Gasteiger partial charge in [0, 0.05) is 10.9 Å². The first-order chi connectivity index (χ1) is 13.3. The first kappa shape index (κ1) is 19.2. The minimum Gasteiger partial charge on any atom is -0.315 e. The van der Waals surface area contributed by atoms with Crippen molar-refractivity contribution in [2.75, 3.05) is 16.4 Å². The zero-order valence-corrected chi connectivity index (χ0v) is 17.5. The van der Waals surface area contributed by atoms with Crippen LogP contribution in [0.15, 0.2) is 53.5 Å². The number of carbonyl (C=O) groups excluding carboxylic acids is 1. The van der Waals surface area contributed by atoms with Gasteiger partial charge in [0.25, 0.3) is 5.91 Å². The number of hydrogen-bond donors (Lipinski definition) is 0. The van der Waals surface area contributed by atoms with Crippen molar-refractivity contribution < 1.29 is 13.2 Å². The predicted octanol–water partition coefficient (Wildman–Crippen LogP) is 3.15. The van der Waals surface area contributed by atoms with Crippen LogP contribution in [0, 0.1) is 13.8 Å². The molecule has 0 N–H and O–H groups in total. The molecule has 0 bridgehead atoms. The molecule has 0 radical (unpaired) electrons. The summed E-state index contributed by atoms with van der Waals surface area (Å²) in [5, 5.41) is 0.521. The van der Waals surface area contributed by atoms with Gasteiger partial charge in [0.1, 0.15) is 0 Å². The zero-order chi connectivity index (χ0) is 19.9. The summed E-state index contributed by atoms with van der Waals surface area (Å²) in [6, 6.07) is 15.4. The molecular formula is C21H22N2O3S2. The fourth-order valence-corrected chi connectivity index (χ4v) is 7.67. The van der Waals surface area contributed by atoms with Crippen LogP contribution in [-0.4, -0.2) is 42.3 Å². The van der Waals surface area contributed by atoms with Crippen LogP contribution >= 0.6 is 11.8 Å². The van der Waals surface area contributed by atoms with Gasteiger partial charge in [-0.3, -0.25) is 4.79 Å². The quantitative estimate of drug-likeness (QED) is 0.772. The number of sulfone groups is 1. The molecule has 2 atom stereocenters. The van der Waals surface area contributed by atoms with Crippen LogP contribution in [0.3, 0.4) is 0 Å². The normalized spacial score (nSPS) is 24.5. The van der Waals surface area contributed by atoms with Crippen LogP contribution in [0.1, 0.15) is 16.7 Å². The summed E-state index contributed by atoms with van der Waals surface area (Å²) in [6.45, 7) is 4.01. The van der Waals surface area contributed by atoms with Crippen LogP contribution in [0.4, 0.5) is 5.69 Å². The van der Waals surface area contributed by atoms with E-state index in [4.69, 9.17) is 0 Å². The Morgan fingerprint density at radius 1 is 1.14 bits per heavy atom. The second-order valence-corrected chi connectivity index (χ2v) is 10.8. The van der Waals surface area contributed by atoms with Gasteiger partial charge < -0.3 is 4.90 Å². The third-order valence-electron chi connectivity index (χ3n) is 5.11. The largest absolute Gasteiger partial charge is 0.315 e. The van der Waals surface area contributed by atoms with Crippen LogP contribution < -0.4 is 4.90 Å². The number of rotatable bonds is 3. The Bertz CT molecular complexity index is 1050. The fraction of sp³-hybridized carbons (Fsp3) is 0.333. The summed E-state index contributed by atoms with van der Waals surface area (Å²) in [6.07, 6.45) is 0.235. The van der Waals surface area contributed by atoms with Crippen molar-refractivity contribution in [2.45, 2.75) is 31.6 Å². The minimum absolute atomic E-state index is 0.0896. The number of benzene rings is 2. The molecule has 2 aliphatic rings. The lowest BCUT2D eigenvalue weighted by molar-refractivity contribution is -0.117. The Hall–Kier alpha value is -2.12. The maximum Gasteiger partial charge on any atom is 0.252 e. The first-order valence-electron chi connectivity index (χ1n) is 9.21. The molecule has 146 valence electrons. The molecule has 2 aliphatic heterocycles. The molecule has 4 rings (SSSR count). The average molecular weight is 415 g/mol. The van der Waals surface area contributed by atoms with Crippen molar-refractivity contribution in [3.63, 3.8) is 0 Å². The lowest BCUT2D eigenvalue weighted by Crippen LogP contribution is -2.38. The number of nitrogens with zero attached hydrogens (tertiary/aromatic N) is 2. The van der Waals surface area contributed by atoms with Gasteiger partial charge in [-0.05, 0) is 36.6 Å². The van der Waals surface area contributed by atoms with Crippen molar-refractivity contribution in [2.24, 2.45) is 4.99 Å². The Balaban J connectivity index is 1.69. The third kappa shape index (κ3) is 3.86. The Morgan fingerprint density at radius 2 is 1.89 bits per heavy atom. The second-order valence-electron chi connectivity index (χ2n) is 7.41. The minimum atomic E-state index is -3.07. The van der Waals surface area contributed by atoms with E-state index in [0.717, 1.165) is 22.4 Å². The molecule has 0 unspecified atom stereocenters. The van der Waals surface area contributed by atoms with Gasteiger partial charge in [-0.1, -0.05) is 54.2 Å². The van der Waals surface area contributed by atoms with Crippen LogP contribution in [0.25, 0.3) is 0 Å². The van der Waals surface area contributed by atoms with Gasteiger partial charge >= 0.3 is 0 Å². The first-order valence-corrected chi connectivity index (χ1v) is 11.9. The van der Waals surface area contributed by atoms with Crippen LogP contribution in [-0.2, 0) is 21.1 Å². The molecule has 2 aromatic carbocycles. The molecule has 1 amide bonds. The molecule has 0 saturated carbocycles. The number of aliphatic imine (C=N–C) groups is 1. The van der Waals surface area contributed by atoms with Gasteiger partial charge in [-0.2, -0.15) is 4.99 Å². The summed E-state index contributed by atoms with van der Waals surface area (Å²) in [5.41, 5.74) is 3.98. The van der Waals surface area contributed by atoms with E-state index in [0.29, 0.717) is 5.17 Å². The lowest BCUT2D eigenvalue weighted by atomic mass is 10.1. The summed E-state index contributed by atoms with van der Waals surface area (Å²) in [4.78, 5) is 19.0. The molecule has 7 heteroatoms. The summed E-state index contributed by atoms with van der Waals surface area (Å²) < 4.78 is 24.4. The number of anilines is 1. The summed E-state index contributed by atoms with van der Waals surface area (Å²) in [7, 11) is -3.07. The van der Waals surface area contributed by atoms with Crippen molar-refractivity contribution in [3.8, 4) is 0 Å². The maximum atomic E-state index is 12.6. The van der Waals surface area contributed by atoms with Crippen molar-refractivity contribution in [1.82, 2.24) is 0 Å². The maximum absolute atomic E-state index is 12.6. The van der Waals surface area contributed by atoms with Crippen LogP contribution in [0.2, 0.25) is 0 Å². The van der Waals surface area contributed by atoms with Gasteiger partial charge in [-0.25, -0.2) is 8.42 Å². The molecule has 5 nitrogen and oxygen atoms in total. The highest BCUT2D eigenvalue weighted by molar-refractivity contribution is 8.16. The molecule has 0 spiro atoms. The van der Waals surface area contributed by atoms with E-state index in [1.165, 1.54) is 11.8 Å². The van der Waals surface area contributed by atoms with E-state index in [1.807, 2.05) is 67.3 Å². The number of aryl methyl sites for hydroxylation is 2. The molecule has 2 fully saturated rings. The standard InChI is InChI=1S/C21H22N2O3S2/c1-14-8-9-15(2)17(10-14)23-18-12-28(25,26)13-19(18)27-21(23)22-20(24)11-16-6-4-3-5-7-16/h3-10,18-19H,11-13H2,1-2H3/t18-,19-/m1/s1. The fourth-order valence-electron chi connectivity index (χ4n) is 3.74. The molecular weight excluding hydrogens is 392 g/mol. The van der Waals surface area contributed by atoms with Crippen molar-refractivity contribution >= 4 is 38.4 Å². The highest BCUT2D eigenvalue weighted by Crippen LogP contribution is 2.42. The number of thioether (sulfide) groups is 1. The van der Waals surface area contributed by atoms with Gasteiger partial charge in [0.15, 0.2) is 15.0 Å². The highest BCUT2D eigenvalue weighted by atomic mass is 32.2. The topological polar surface area (TPSA) is 66.8 Å². The monoisotopic (exact) mass is 414 g/mol. The second kappa shape index (κ2) is 7.37. The van der Waals surface area contributed by atoms with Gasteiger partial charge in [0.05, 0.1) is 24.0 Å². The number of hydrogen-bond acceptors (Lipinski definition) is 4. The van der Waals surface area contributed by atoms with E-state index in [1.54, 1.807) is 0 Å². The van der Waals surface area contributed by atoms with Crippen LogP contribution in [0.5, 0.6) is 0 Å². The van der Waals surface area contributed by atoms with E-state index < -0.39 is 9.84 Å². The van der Waals surface area contributed by atoms with Gasteiger partial charge in [-0.15, -0.1) is 0 Å². The predicted molar refractivity (Wildman–Crippen MR) is 115 cm³/mol. The number of amidine groups is 1. The smallest absolute Gasteiger partial charge is 0.252 e. The molecule has 2 saturated heterocycles. The van der Waals surface area contributed by atoms with E-state index in [-0.39, 0.29) is 35.1 Å². The molecule has 0 aliphatic carbocycles. The molecule has 28 heavy (non-hydrogen) atoms. The Labute approximate surface area is 169 Å². The highest BCUT2D eigenvalue weighted by Gasteiger charge is 2.49. The average Bonchev–Trinajstić information content (AvgIpc) is 3.09. The summed E-state index contributed by atoms with van der Waals surface area (Å²) in [5.74, 6) is 0.0198.